The number of ether oxygens (including phenoxy) is 1. The number of aryl methyl sites for hydroxylation is 2. The van der Waals surface area contributed by atoms with Gasteiger partial charge in [0, 0.05) is 7.05 Å². The molecule has 1 fully saturated rings. The first-order chi connectivity index (χ1) is 17.5. The van der Waals surface area contributed by atoms with Gasteiger partial charge in [0.05, 0.1) is 53.6 Å². The average Bonchev–Trinajstić information content (AvgIpc) is 3.51. The van der Waals surface area contributed by atoms with Gasteiger partial charge in [0.15, 0.2) is 11.6 Å². The van der Waals surface area contributed by atoms with Crippen LogP contribution in [0.3, 0.4) is 0 Å². The smallest absolute Gasteiger partial charge is 0.306 e. The number of nitrogens with zero attached hydrogens (tertiary/aromatic N) is 7. The second-order valence-corrected chi connectivity index (χ2v) is 8.92. The minimum atomic E-state index is -0.758. The van der Waals surface area contributed by atoms with E-state index in [0.717, 1.165) is 29.8 Å². The number of nitrogens with one attached hydrogen (secondary N) is 1. The van der Waals surface area contributed by atoms with Gasteiger partial charge in [0.25, 0.3) is 0 Å². The Kier molecular flexibility index (Phi) is 6.61. The molecule has 0 saturated heterocycles. The molecule has 2 N–H and O–H groups in total. The van der Waals surface area contributed by atoms with Gasteiger partial charge >= 0.3 is 5.97 Å². The van der Waals surface area contributed by atoms with Crippen molar-refractivity contribution in [3.05, 3.63) is 60.4 Å². The normalized spacial score (nSPS) is 17.6. The minimum Gasteiger partial charge on any atom is -0.487 e. The summed E-state index contributed by atoms with van der Waals surface area (Å²) in [6.45, 7) is 2.30. The summed E-state index contributed by atoms with van der Waals surface area (Å²) in [4.78, 5) is 24.9. The summed E-state index contributed by atoms with van der Waals surface area (Å²) in [6.07, 6.45) is 7.79. The van der Waals surface area contributed by atoms with E-state index >= 15 is 0 Å². The standard InChI is InChI=1S/C25H28N8O3/c1-16-22(36-19-10-6-7-17(11-19)24(34)35)14-26-23(30-16)20-12-29-32(2)21(20)13-27-25-28-15-33(31-25)18-8-4-3-5-9-18/h3-5,8-9,12,14-15,17,19H,6-7,10-11,13H2,1-2H3,(H,27,31)(H,34,35)/t17-,19-/m0/s1. The Morgan fingerprint density at radius 3 is 2.81 bits per heavy atom. The summed E-state index contributed by atoms with van der Waals surface area (Å²) >= 11 is 0. The molecular weight excluding hydrogens is 460 g/mol. The van der Waals surface area contributed by atoms with Crippen LogP contribution in [0.5, 0.6) is 5.75 Å². The minimum absolute atomic E-state index is 0.144. The molecule has 0 aliphatic heterocycles. The van der Waals surface area contributed by atoms with Crippen LogP contribution in [0.4, 0.5) is 5.95 Å². The Balaban J connectivity index is 1.28. The maximum atomic E-state index is 11.4. The maximum Gasteiger partial charge on any atom is 0.306 e. The van der Waals surface area contributed by atoms with E-state index in [1.807, 2.05) is 44.3 Å². The second kappa shape index (κ2) is 10.1. The van der Waals surface area contributed by atoms with E-state index in [-0.39, 0.29) is 12.0 Å². The highest BCUT2D eigenvalue weighted by atomic mass is 16.5. The topological polar surface area (TPSA) is 133 Å². The van der Waals surface area contributed by atoms with Crippen molar-refractivity contribution in [3.8, 4) is 22.8 Å². The summed E-state index contributed by atoms with van der Waals surface area (Å²) < 4.78 is 9.58. The SMILES string of the molecule is Cc1nc(-c2cnn(C)c2CNc2ncn(-c3ccccc3)n2)ncc1O[C@H]1CCC[C@H](C(=O)O)C1. The molecule has 1 aliphatic rings. The van der Waals surface area contributed by atoms with Gasteiger partial charge in [-0.05, 0) is 44.7 Å². The van der Waals surface area contributed by atoms with E-state index in [1.54, 1.807) is 28.1 Å². The molecule has 1 aliphatic carbocycles. The molecule has 0 radical (unpaired) electrons. The zero-order chi connectivity index (χ0) is 25.1. The zero-order valence-electron chi connectivity index (χ0n) is 20.2. The lowest BCUT2D eigenvalue weighted by Crippen LogP contribution is -2.29. The highest BCUT2D eigenvalue weighted by molar-refractivity contribution is 5.70. The molecule has 0 bridgehead atoms. The fourth-order valence-electron chi connectivity index (χ4n) is 4.43. The fourth-order valence-corrected chi connectivity index (χ4v) is 4.43. The number of anilines is 1. The Morgan fingerprint density at radius 2 is 2.03 bits per heavy atom. The molecular formula is C25H28N8O3. The van der Waals surface area contributed by atoms with Crippen molar-refractivity contribution >= 4 is 11.9 Å². The highest BCUT2D eigenvalue weighted by Gasteiger charge is 2.28. The van der Waals surface area contributed by atoms with Gasteiger partial charge in [-0.3, -0.25) is 9.48 Å². The zero-order valence-corrected chi connectivity index (χ0v) is 20.2. The number of rotatable bonds is 8. The van der Waals surface area contributed by atoms with E-state index in [1.165, 1.54) is 0 Å². The predicted molar refractivity (Wildman–Crippen MR) is 132 cm³/mol. The van der Waals surface area contributed by atoms with Crippen LogP contribution in [0.25, 0.3) is 17.1 Å². The molecule has 0 unspecified atom stereocenters. The Bertz CT molecular complexity index is 1350. The van der Waals surface area contributed by atoms with Crippen LogP contribution in [0.15, 0.2) is 49.1 Å². The first-order valence-corrected chi connectivity index (χ1v) is 11.9. The van der Waals surface area contributed by atoms with Crippen molar-refractivity contribution in [2.24, 2.45) is 13.0 Å². The summed E-state index contributed by atoms with van der Waals surface area (Å²) in [5, 5.41) is 21.5. The quantitative estimate of drug-likeness (QED) is 0.383. The van der Waals surface area contributed by atoms with Gasteiger partial charge in [-0.15, -0.1) is 5.10 Å². The third-order valence-electron chi connectivity index (χ3n) is 6.43. The van der Waals surface area contributed by atoms with Crippen molar-refractivity contribution in [3.63, 3.8) is 0 Å². The van der Waals surface area contributed by atoms with E-state index in [9.17, 15) is 9.90 Å². The number of aliphatic carboxylic acids is 1. The fraction of sp³-hybridized carbons (Fsp3) is 0.360. The monoisotopic (exact) mass is 488 g/mol. The Hall–Kier alpha value is -4.28. The number of para-hydroxylation sites is 1. The molecule has 36 heavy (non-hydrogen) atoms. The molecule has 1 saturated carbocycles. The molecule has 5 rings (SSSR count). The second-order valence-electron chi connectivity index (χ2n) is 8.92. The van der Waals surface area contributed by atoms with Crippen LogP contribution >= 0.6 is 0 Å². The average molecular weight is 489 g/mol. The van der Waals surface area contributed by atoms with Crippen LogP contribution in [-0.4, -0.2) is 51.7 Å². The number of benzene rings is 1. The summed E-state index contributed by atoms with van der Waals surface area (Å²) in [7, 11) is 1.86. The van der Waals surface area contributed by atoms with Crippen molar-refractivity contribution < 1.29 is 14.6 Å². The van der Waals surface area contributed by atoms with Crippen molar-refractivity contribution in [1.29, 1.82) is 0 Å². The Morgan fingerprint density at radius 1 is 1.19 bits per heavy atom. The number of carboxylic acid groups (broad SMARTS) is 1. The molecule has 3 aromatic heterocycles. The summed E-state index contributed by atoms with van der Waals surface area (Å²) in [6, 6.07) is 9.78. The van der Waals surface area contributed by atoms with Gasteiger partial charge in [-0.1, -0.05) is 18.2 Å². The predicted octanol–water partition coefficient (Wildman–Crippen LogP) is 3.40. The van der Waals surface area contributed by atoms with Gasteiger partial charge < -0.3 is 15.2 Å². The molecule has 186 valence electrons. The van der Waals surface area contributed by atoms with Gasteiger partial charge in [-0.25, -0.2) is 19.6 Å². The number of hydrogen-bond acceptors (Lipinski definition) is 8. The molecule has 2 atom stereocenters. The third-order valence-corrected chi connectivity index (χ3v) is 6.43. The van der Waals surface area contributed by atoms with Crippen LogP contribution in [0.2, 0.25) is 0 Å². The molecule has 0 amide bonds. The molecule has 11 heteroatoms. The van der Waals surface area contributed by atoms with Gasteiger partial charge in [0.1, 0.15) is 6.33 Å². The molecule has 4 aromatic rings. The number of carboxylic acids is 1. The molecule has 11 nitrogen and oxygen atoms in total. The number of aromatic nitrogens is 7. The highest BCUT2D eigenvalue weighted by Crippen LogP contribution is 2.30. The molecule has 1 aromatic carbocycles. The van der Waals surface area contributed by atoms with Crippen LogP contribution in [0, 0.1) is 12.8 Å². The van der Waals surface area contributed by atoms with Crippen LogP contribution in [0.1, 0.15) is 37.1 Å². The Labute approximate surface area is 208 Å². The lowest BCUT2D eigenvalue weighted by Gasteiger charge is -2.27. The number of hydrogen-bond donors (Lipinski definition) is 2. The van der Waals surface area contributed by atoms with E-state index in [4.69, 9.17) is 4.74 Å². The number of carbonyl (C=O) groups is 1. The molecule has 0 spiro atoms. The first-order valence-electron chi connectivity index (χ1n) is 11.9. The molecule has 3 heterocycles. The largest absolute Gasteiger partial charge is 0.487 e. The summed E-state index contributed by atoms with van der Waals surface area (Å²) in [5.41, 5.74) is 3.31. The maximum absolute atomic E-state index is 11.4. The van der Waals surface area contributed by atoms with E-state index in [2.05, 4.69) is 30.5 Å². The van der Waals surface area contributed by atoms with Crippen molar-refractivity contribution in [2.75, 3.05) is 5.32 Å². The lowest BCUT2D eigenvalue weighted by atomic mass is 9.87. The lowest BCUT2D eigenvalue weighted by molar-refractivity contribution is -0.143. The van der Waals surface area contributed by atoms with E-state index in [0.29, 0.717) is 42.6 Å². The van der Waals surface area contributed by atoms with Crippen molar-refractivity contribution in [2.45, 2.75) is 45.3 Å². The van der Waals surface area contributed by atoms with Crippen LogP contribution < -0.4 is 10.1 Å². The van der Waals surface area contributed by atoms with Gasteiger partial charge in [-0.2, -0.15) is 5.10 Å². The van der Waals surface area contributed by atoms with Crippen LogP contribution in [-0.2, 0) is 18.4 Å². The third kappa shape index (κ3) is 5.04. The van der Waals surface area contributed by atoms with Gasteiger partial charge in [0.2, 0.25) is 5.95 Å². The van der Waals surface area contributed by atoms with E-state index < -0.39 is 5.97 Å². The first kappa shape index (κ1) is 23.5. The summed E-state index contributed by atoms with van der Waals surface area (Å²) in [5.74, 6) is 0.502. The van der Waals surface area contributed by atoms with Crippen molar-refractivity contribution in [1.82, 2.24) is 34.5 Å².